The van der Waals surface area contributed by atoms with Crippen LogP contribution < -0.4 is 0 Å². The Bertz CT molecular complexity index is 758. The van der Waals surface area contributed by atoms with Gasteiger partial charge in [-0.15, -0.1) is 0 Å². The number of rotatable bonds is 8. The molecule has 0 aliphatic heterocycles. The van der Waals surface area contributed by atoms with Crippen LogP contribution in [0.1, 0.15) is 91.5 Å². The first-order chi connectivity index (χ1) is 15.5. The maximum absolute atomic E-state index is 14.6. The SMILES string of the molecule is CC(C)[C@H]1CC[C@@H](C)C[C@H]1OP(=O)(O[C@@H]1C[C@@H](C)CC[C@H]1C(C)C)[C@H](O)c1ccc(Cl)cc1. The molecular weight excluding hydrogens is 455 g/mol. The highest BCUT2D eigenvalue weighted by Crippen LogP contribution is 2.64. The lowest BCUT2D eigenvalue weighted by Crippen LogP contribution is -2.37. The van der Waals surface area contributed by atoms with Crippen molar-refractivity contribution >= 4 is 19.2 Å². The number of halogens is 1. The van der Waals surface area contributed by atoms with E-state index in [1.54, 1.807) is 24.3 Å². The van der Waals surface area contributed by atoms with Crippen molar-refractivity contribution in [2.24, 2.45) is 35.5 Å². The Kier molecular flexibility index (Phi) is 9.54. The zero-order valence-corrected chi connectivity index (χ0v) is 22.9. The summed E-state index contributed by atoms with van der Waals surface area (Å²) < 4.78 is 27.5. The smallest absolute Gasteiger partial charge is 0.363 e. The summed E-state index contributed by atoms with van der Waals surface area (Å²) >= 11 is 6.07. The standard InChI is InChI=1S/C27H44ClO4P/c1-17(2)23-13-7-19(5)15-25(23)31-33(30,27(29)21-9-11-22(28)12-10-21)32-26-16-20(6)8-14-24(26)18(3)4/h9-12,17-20,23-27,29H,7-8,13-16H2,1-6H3/t19-,20+,23-,24+,25-,26-,27+,33?/m1/s1. The van der Waals surface area contributed by atoms with E-state index < -0.39 is 13.4 Å². The number of hydrogen-bond acceptors (Lipinski definition) is 4. The van der Waals surface area contributed by atoms with Gasteiger partial charge in [-0.25, -0.2) is 0 Å². The second-order valence-electron chi connectivity index (χ2n) is 11.4. The van der Waals surface area contributed by atoms with Crippen molar-refractivity contribution in [3.05, 3.63) is 34.9 Å². The molecule has 33 heavy (non-hydrogen) atoms. The molecule has 0 heterocycles. The monoisotopic (exact) mass is 498 g/mol. The molecule has 6 heteroatoms. The lowest BCUT2D eigenvalue weighted by atomic mass is 9.75. The van der Waals surface area contributed by atoms with Crippen LogP contribution >= 0.6 is 19.2 Å². The Balaban J connectivity index is 1.94. The molecule has 1 N–H and O–H groups in total. The van der Waals surface area contributed by atoms with Crippen molar-refractivity contribution in [2.45, 2.75) is 98.1 Å². The molecule has 2 fully saturated rings. The highest BCUT2D eigenvalue weighted by molar-refractivity contribution is 7.54. The van der Waals surface area contributed by atoms with Crippen molar-refractivity contribution in [3.63, 3.8) is 0 Å². The fourth-order valence-corrected chi connectivity index (χ4v) is 7.99. The quantitative estimate of drug-likeness (QED) is 0.365. The van der Waals surface area contributed by atoms with Gasteiger partial charge in [-0.1, -0.05) is 78.1 Å². The molecule has 0 spiro atoms. The van der Waals surface area contributed by atoms with Gasteiger partial charge < -0.3 is 14.2 Å². The van der Waals surface area contributed by atoms with Crippen LogP contribution in [0, 0.1) is 35.5 Å². The van der Waals surface area contributed by atoms with Gasteiger partial charge in [0.25, 0.3) is 0 Å². The zero-order valence-electron chi connectivity index (χ0n) is 21.2. The topological polar surface area (TPSA) is 55.8 Å². The Morgan fingerprint density at radius 2 is 1.27 bits per heavy atom. The average molecular weight is 499 g/mol. The minimum atomic E-state index is -3.88. The summed E-state index contributed by atoms with van der Waals surface area (Å²) in [6.07, 6.45) is 5.74. The molecule has 0 radical (unpaired) electrons. The lowest BCUT2D eigenvalue weighted by molar-refractivity contribution is -0.0153. The summed E-state index contributed by atoms with van der Waals surface area (Å²) in [4.78, 5) is 0. The minimum Gasteiger partial charge on any atom is -0.376 e. The van der Waals surface area contributed by atoms with E-state index in [9.17, 15) is 9.67 Å². The van der Waals surface area contributed by atoms with Crippen molar-refractivity contribution < 1.29 is 18.7 Å². The largest absolute Gasteiger partial charge is 0.376 e. The van der Waals surface area contributed by atoms with Crippen LogP contribution in [-0.2, 0) is 13.6 Å². The molecular formula is C27H44ClO4P. The van der Waals surface area contributed by atoms with E-state index in [0.717, 1.165) is 38.5 Å². The molecule has 3 rings (SSSR count). The van der Waals surface area contributed by atoms with Crippen LogP contribution in [0.3, 0.4) is 0 Å². The Hall–Kier alpha value is -0.380. The maximum Gasteiger partial charge on any atom is 0.363 e. The van der Waals surface area contributed by atoms with E-state index >= 15 is 0 Å². The van der Waals surface area contributed by atoms with E-state index in [2.05, 4.69) is 41.5 Å². The Labute approximate surface area is 206 Å². The molecule has 188 valence electrons. The van der Waals surface area contributed by atoms with Gasteiger partial charge in [0.15, 0.2) is 5.85 Å². The number of hydrogen-bond donors (Lipinski definition) is 1. The van der Waals surface area contributed by atoms with Crippen molar-refractivity contribution in [1.29, 1.82) is 0 Å². The molecule has 0 bridgehead atoms. The molecule has 4 nitrogen and oxygen atoms in total. The summed E-state index contributed by atoms with van der Waals surface area (Å²) in [6.45, 7) is 13.3. The highest BCUT2D eigenvalue weighted by Gasteiger charge is 2.46. The normalized spacial score (nSPS) is 33.8. The van der Waals surface area contributed by atoms with Gasteiger partial charge in [0.2, 0.25) is 0 Å². The predicted molar refractivity (Wildman–Crippen MR) is 136 cm³/mol. The third-order valence-electron chi connectivity index (χ3n) is 7.95. The highest BCUT2D eigenvalue weighted by atomic mass is 35.5. The van der Waals surface area contributed by atoms with Crippen molar-refractivity contribution in [2.75, 3.05) is 0 Å². The molecule has 1 aromatic rings. The van der Waals surface area contributed by atoms with Gasteiger partial charge >= 0.3 is 7.60 Å². The van der Waals surface area contributed by atoms with Crippen LogP contribution in [0.4, 0.5) is 0 Å². The van der Waals surface area contributed by atoms with Gasteiger partial charge in [0.05, 0.1) is 12.2 Å². The van der Waals surface area contributed by atoms with Gasteiger partial charge in [-0.05, 0) is 78.9 Å². The summed E-state index contributed by atoms with van der Waals surface area (Å²) in [5.41, 5.74) is 0.526. The van der Waals surface area contributed by atoms with E-state index in [1.165, 1.54) is 0 Å². The van der Waals surface area contributed by atoms with Gasteiger partial charge in [0.1, 0.15) is 0 Å². The fraction of sp³-hybridized carbons (Fsp3) is 0.778. The molecule has 8 atom stereocenters. The number of aliphatic hydroxyl groups excluding tert-OH is 1. The second kappa shape index (κ2) is 11.6. The second-order valence-corrected chi connectivity index (χ2v) is 13.8. The van der Waals surface area contributed by atoms with E-state index in [4.69, 9.17) is 20.6 Å². The van der Waals surface area contributed by atoms with E-state index in [0.29, 0.717) is 46.1 Å². The minimum absolute atomic E-state index is 0.181. The first kappa shape index (κ1) is 27.2. The van der Waals surface area contributed by atoms with Crippen LogP contribution in [0.2, 0.25) is 5.02 Å². The molecule has 1 aromatic carbocycles. The third kappa shape index (κ3) is 6.85. The summed E-state index contributed by atoms with van der Waals surface area (Å²) in [5.74, 6) is 1.13. The summed E-state index contributed by atoms with van der Waals surface area (Å²) in [7, 11) is -3.88. The van der Waals surface area contributed by atoms with Gasteiger partial charge in [-0.3, -0.25) is 4.57 Å². The predicted octanol–water partition coefficient (Wildman–Crippen LogP) is 8.48. The van der Waals surface area contributed by atoms with E-state index in [1.807, 2.05) is 0 Å². The third-order valence-corrected chi connectivity index (χ3v) is 10.2. The van der Waals surface area contributed by atoms with Crippen molar-refractivity contribution in [3.8, 4) is 0 Å². The number of benzene rings is 1. The first-order valence-corrected chi connectivity index (χ1v) is 14.9. The van der Waals surface area contributed by atoms with Crippen molar-refractivity contribution in [1.82, 2.24) is 0 Å². The van der Waals surface area contributed by atoms with Crippen LogP contribution in [0.5, 0.6) is 0 Å². The Morgan fingerprint density at radius 3 is 1.67 bits per heavy atom. The van der Waals surface area contributed by atoms with Gasteiger partial charge in [0, 0.05) is 5.02 Å². The van der Waals surface area contributed by atoms with Crippen LogP contribution in [0.15, 0.2) is 24.3 Å². The summed E-state index contributed by atoms with van der Waals surface area (Å²) in [6, 6.07) is 6.87. The molecule has 0 saturated heterocycles. The van der Waals surface area contributed by atoms with Gasteiger partial charge in [-0.2, -0.15) is 0 Å². The van der Waals surface area contributed by atoms with Crippen LogP contribution in [-0.4, -0.2) is 17.3 Å². The lowest BCUT2D eigenvalue weighted by Gasteiger charge is -2.42. The molecule has 2 aliphatic rings. The van der Waals surface area contributed by atoms with E-state index in [-0.39, 0.29) is 12.2 Å². The average Bonchev–Trinajstić information content (AvgIpc) is 2.73. The Morgan fingerprint density at radius 1 is 0.848 bits per heavy atom. The molecule has 1 unspecified atom stereocenters. The first-order valence-electron chi connectivity index (χ1n) is 12.9. The molecule has 2 saturated carbocycles. The maximum atomic E-state index is 14.6. The molecule has 0 aromatic heterocycles. The molecule has 0 amide bonds. The number of aliphatic hydroxyl groups is 1. The fourth-order valence-electron chi connectivity index (χ4n) is 5.81. The zero-order chi connectivity index (χ0) is 24.3. The molecule has 2 aliphatic carbocycles. The summed E-state index contributed by atoms with van der Waals surface area (Å²) in [5, 5.41) is 12.0. The van der Waals surface area contributed by atoms with Crippen LogP contribution in [0.25, 0.3) is 0 Å².